The van der Waals surface area contributed by atoms with E-state index in [1.54, 1.807) is 17.0 Å². The second kappa shape index (κ2) is 7.56. The molecule has 0 radical (unpaired) electrons. The van der Waals surface area contributed by atoms with Crippen LogP contribution in [0.3, 0.4) is 0 Å². The molecule has 0 bridgehead atoms. The van der Waals surface area contributed by atoms with Gasteiger partial charge < -0.3 is 14.6 Å². The summed E-state index contributed by atoms with van der Waals surface area (Å²) in [5.74, 6) is 0.277. The standard InChI is InChI=1S/C21H25N3O3/c1-15(20(25)22-18-8-7-16-4-2-5-17(16)14-18)23-9-11-24(12-10-23)21(26)19-6-3-13-27-19/h3,6-8,13-15H,2,4-5,9-12H2,1H3,(H,22,25)/t15-/m1/s1. The number of aryl methyl sites for hydroxylation is 2. The molecule has 1 aliphatic heterocycles. The molecule has 1 atom stereocenters. The van der Waals surface area contributed by atoms with Crippen LogP contribution >= 0.6 is 0 Å². The molecule has 1 fully saturated rings. The van der Waals surface area contributed by atoms with Crippen molar-refractivity contribution in [2.75, 3.05) is 31.5 Å². The zero-order chi connectivity index (χ0) is 18.8. The summed E-state index contributed by atoms with van der Waals surface area (Å²) in [4.78, 5) is 28.9. The Balaban J connectivity index is 1.31. The maximum absolute atomic E-state index is 12.7. The van der Waals surface area contributed by atoms with Crippen molar-refractivity contribution in [2.45, 2.75) is 32.2 Å². The number of rotatable bonds is 4. The van der Waals surface area contributed by atoms with E-state index in [9.17, 15) is 9.59 Å². The summed E-state index contributed by atoms with van der Waals surface area (Å²) in [6.07, 6.45) is 4.94. The van der Waals surface area contributed by atoms with Gasteiger partial charge in [0, 0.05) is 31.9 Å². The number of hydrogen-bond acceptors (Lipinski definition) is 4. The van der Waals surface area contributed by atoms with Crippen molar-refractivity contribution in [3.05, 3.63) is 53.5 Å². The molecule has 1 aliphatic carbocycles. The maximum atomic E-state index is 12.7. The molecule has 142 valence electrons. The molecule has 1 aromatic carbocycles. The summed E-state index contributed by atoms with van der Waals surface area (Å²) >= 11 is 0. The van der Waals surface area contributed by atoms with Gasteiger partial charge in [-0.05, 0) is 61.6 Å². The number of fused-ring (bicyclic) bond motifs is 1. The van der Waals surface area contributed by atoms with Gasteiger partial charge in [0.15, 0.2) is 5.76 Å². The van der Waals surface area contributed by atoms with Crippen LogP contribution < -0.4 is 5.32 Å². The van der Waals surface area contributed by atoms with Gasteiger partial charge in [0.25, 0.3) is 5.91 Å². The highest BCUT2D eigenvalue weighted by Gasteiger charge is 2.28. The van der Waals surface area contributed by atoms with Gasteiger partial charge in [-0.3, -0.25) is 14.5 Å². The minimum Gasteiger partial charge on any atom is -0.459 e. The number of nitrogens with one attached hydrogen (secondary N) is 1. The normalized spacial score (nSPS) is 18.2. The number of carbonyl (C=O) groups is 2. The third kappa shape index (κ3) is 3.76. The Kier molecular flexibility index (Phi) is 4.99. The van der Waals surface area contributed by atoms with Crippen LogP contribution in [0.2, 0.25) is 0 Å². The second-order valence-corrected chi connectivity index (χ2v) is 7.31. The zero-order valence-corrected chi connectivity index (χ0v) is 15.6. The predicted octanol–water partition coefficient (Wildman–Crippen LogP) is 2.55. The summed E-state index contributed by atoms with van der Waals surface area (Å²) in [6.45, 7) is 4.45. The molecule has 0 saturated carbocycles. The lowest BCUT2D eigenvalue weighted by atomic mass is 10.1. The number of amides is 2. The summed E-state index contributed by atoms with van der Waals surface area (Å²) in [7, 11) is 0. The Hall–Kier alpha value is -2.60. The first-order valence-electron chi connectivity index (χ1n) is 9.61. The van der Waals surface area contributed by atoms with Gasteiger partial charge in [-0.1, -0.05) is 6.07 Å². The van der Waals surface area contributed by atoms with Crippen LogP contribution in [0.1, 0.15) is 35.0 Å². The quantitative estimate of drug-likeness (QED) is 0.902. The van der Waals surface area contributed by atoms with Crippen molar-refractivity contribution in [1.29, 1.82) is 0 Å². The first kappa shape index (κ1) is 17.8. The van der Waals surface area contributed by atoms with Gasteiger partial charge in [0.1, 0.15) is 0 Å². The van der Waals surface area contributed by atoms with Gasteiger partial charge in [0.05, 0.1) is 12.3 Å². The largest absolute Gasteiger partial charge is 0.459 e. The van der Waals surface area contributed by atoms with Crippen molar-refractivity contribution in [1.82, 2.24) is 9.80 Å². The van der Waals surface area contributed by atoms with E-state index in [0.717, 1.165) is 18.5 Å². The van der Waals surface area contributed by atoms with Crippen LogP contribution in [-0.2, 0) is 17.6 Å². The number of hydrogen-bond donors (Lipinski definition) is 1. The molecule has 1 N–H and O–H groups in total. The fourth-order valence-corrected chi connectivity index (χ4v) is 3.93. The lowest BCUT2D eigenvalue weighted by Crippen LogP contribution is -2.54. The Labute approximate surface area is 159 Å². The first-order chi connectivity index (χ1) is 13.1. The van der Waals surface area contributed by atoms with Crippen LogP contribution in [0, 0.1) is 0 Å². The Morgan fingerprint density at radius 2 is 1.85 bits per heavy atom. The molecule has 0 spiro atoms. The van der Waals surface area contributed by atoms with Gasteiger partial charge in [-0.25, -0.2) is 0 Å². The molecule has 4 rings (SSSR count). The maximum Gasteiger partial charge on any atom is 0.289 e. The van der Waals surface area contributed by atoms with E-state index in [1.165, 1.54) is 23.8 Å². The molecule has 27 heavy (non-hydrogen) atoms. The van der Waals surface area contributed by atoms with Crippen LogP contribution in [-0.4, -0.2) is 53.8 Å². The van der Waals surface area contributed by atoms with Gasteiger partial charge in [-0.15, -0.1) is 0 Å². The second-order valence-electron chi connectivity index (χ2n) is 7.31. The highest BCUT2D eigenvalue weighted by atomic mass is 16.3. The summed E-state index contributed by atoms with van der Waals surface area (Å²) < 4.78 is 5.19. The van der Waals surface area contributed by atoms with Gasteiger partial charge in [0.2, 0.25) is 5.91 Å². The van der Waals surface area contributed by atoms with E-state index in [2.05, 4.69) is 22.3 Å². The first-order valence-corrected chi connectivity index (χ1v) is 9.61. The Morgan fingerprint density at radius 3 is 2.59 bits per heavy atom. The van der Waals surface area contributed by atoms with E-state index in [-0.39, 0.29) is 17.9 Å². The third-order valence-electron chi connectivity index (χ3n) is 5.63. The van der Waals surface area contributed by atoms with E-state index >= 15 is 0 Å². The fourth-order valence-electron chi connectivity index (χ4n) is 3.93. The molecule has 1 aromatic heterocycles. The van der Waals surface area contributed by atoms with E-state index in [0.29, 0.717) is 31.9 Å². The predicted molar refractivity (Wildman–Crippen MR) is 103 cm³/mol. The Morgan fingerprint density at radius 1 is 1.07 bits per heavy atom. The molecular formula is C21H25N3O3. The average Bonchev–Trinajstić information content (AvgIpc) is 3.38. The van der Waals surface area contributed by atoms with Crippen molar-refractivity contribution in [3.63, 3.8) is 0 Å². The zero-order valence-electron chi connectivity index (χ0n) is 15.6. The highest BCUT2D eigenvalue weighted by Crippen LogP contribution is 2.25. The molecule has 2 aliphatic rings. The van der Waals surface area contributed by atoms with E-state index in [4.69, 9.17) is 4.42 Å². The van der Waals surface area contributed by atoms with E-state index in [1.807, 2.05) is 13.0 Å². The Bertz CT molecular complexity index is 823. The number of carbonyl (C=O) groups excluding carboxylic acids is 2. The number of piperazine rings is 1. The lowest BCUT2D eigenvalue weighted by molar-refractivity contribution is -0.121. The fraction of sp³-hybridized carbons (Fsp3) is 0.429. The van der Waals surface area contributed by atoms with Crippen molar-refractivity contribution in [3.8, 4) is 0 Å². The number of anilines is 1. The molecule has 2 amide bonds. The SMILES string of the molecule is C[C@H](C(=O)Nc1ccc2c(c1)CCC2)N1CCN(C(=O)c2ccco2)CC1. The molecule has 2 heterocycles. The van der Waals surface area contributed by atoms with Crippen molar-refractivity contribution in [2.24, 2.45) is 0 Å². The topological polar surface area (TPSA) is 65.8 Å². The molecule has 6 heteroatoms. The summed E-state index contributed by atoms with van der Waals surface area (Å²) in [6, 6.07) is 9.39. The van der Waals surface area contributed by atoms with Crippen LogP contribution in [0.25, 0.3) is 0 Å². The summed E-state index contributed by atoms with van der Waals surface area (Å²) in [5.41, 5.74) is 3.63. The minimum atomic E-state index is -0.237. The third-order valence-corrected chi connectivity index (χ3v) is 5.63. The van der Waals surface area contributed by atoms with Gasteiger partial charge in [-0.2, -0.15) is 0 Å². The molecular weight excluding hydrogens is 342 g/mol. The van der Waals surface area contributed by atoms with Crippen LogP contribution in [0.4, 0.5) is 5.69 Å². The van der Waals surface area contributed by atoms with Crippen molar-refractivity contribution >= 4 is 17.5 Å². The summed E-state index contributed by atoms with van der Waals surface area (Å²) in [5, 5.41) is 3.05. The number of furan rings is 1. The minimum absolute atomic E-state index is 0.00115. The smallest absolute Gasteiger partial charge is 0.289 e. The molecule has 1 saturated heterocycles. The molecule has 2 aromatic rings. The number of nitrogens with zero attached hydrogens (tertiary/aromatic N) is 2. The van der Waals surface area contributed by atoms with Crippen LogP contribution in [0.15, 0.2) is 41.0 Å². The monoisotopic (exact) mass is 367 g/mol. The highest BCUT2D eigenvalue weighted by molar-refractivity contribution is 5.95. The lowest BCUT2D eigenvalue weighted by Gasteiger charge is -2.37. The number of benzene rings is 1. The van der Waals surface area contributed by atoms with Gasteiger partial charge >= 0.3 is 0 Å². The van der Waals surface area contributed by atoms with E-state index < -0.39 is 0 Å². The average molecular weight is 367 g/mol. The van der Waals surface area contributed by atoms with Crippen molar-refractivity contribution < 1.29 is 14.0 Å². The molecule has 0 unspecified atom stereocenters. The van der Waals surface area contributed by atoms with Crippen LogP contribution in [0.5, 0.6) is 0 Å². The molecule has 6 nitrogen and oxygen atoms in total.